The number of hydrogen-bond donors (Lipinski definition) is 0. The maximum atomic E-state index is 14.1. The Morgan fingerprint density at radius 2 is 1.73 bits per heavy atom. The van der Waals surface area contributed by atoms with E-state index in [1.165, 1.54) is 54.4 Å². The van der Waals surface area contributed by atoms with Crippen molar-refractivity contribution in [3.05, 3.63) is 59.4 Å². The third kappa shape index (κ3) is 4.84. The number of benzene rings is 2. The summed E-state index contributed by atoms with van der Waals surface area (Å²) in [6, 6.07) is 9.72. The molecule has 2 aromatic carbocycles. The second-order valence-electron chi connectivity index (χ2n) is 10.6. The number of fused-ring (bicyclic) bond motifs is 2. The van der Waals surface area contributed by atoms with Gasteiger partial charge in [-0.2, -0.15) is 18.3 Å². The first-order valence-corrected chi connectivity index (χ1v) is 12.4. The highest BCUT2D eigenvalue weighted by Crippen LogP contribution is 2.44. The number of alkyl halides is 5. The van der Waals surface area contributed by atoms with Crippen molar-refractivity contribution >= 4 is 23.2 Å². The van der Waals surface area contributed by atoms with E-state index in [4.69, 9.17) is 0 Å². The zero-order chi connectivity index (χ0) is 29.2. The minimum atomic E-state index is -4.83. The van der Waals surface area contributed by atoms with Gasteiger partial charge in [0.15, 0.2) is 17.2 Å². The number of rotatable bonds is 3. The average Bonchev–Trinajstić information content (AvgIpc) is 3.42. The Morgan fingerprint density at radius 1 is 1.02 bits per heavy atom. The van der Waals surface area contributed by atoms with E-state index < -0.39 is 35.4 Å². The maximum absolute atomic E-state index is 14.1. The van der Waals surface area contributed by atoms with E-state index in [-0.39, 0.29) is 52.8 Å². The Balaban J connectivity index is 1.52. The van der Waals surface area contributed by atoms with E-state index in [0.717, 1.165) is 9.58 Å². The Hall–Kier alpha value is -4.16. The molecule has 0 N–H and O–H groups in total. The van der Waals surface area contributed by atoms with Crippen LogP contribution in [0.4, 0.5) is 33.3 Å². The summed E-state index contributed by atoms with van der Waals surface area (Å²) < 4.78 is 79.2. The number of ether oxygens (including phenoxy) is 2. The Labute approximate surface area is 225 Å². The predicted molar refractivity (Wildman–Crippen MR) is 134 cm³/mol. The Kier molecular flexibility index (Phi) is 6.31. The topological polar surface area (TPSA) is 76.9 Å². The van der Waals surface area contributed by atoms with Gasteiger partial charge in [-0.1, -0.05) is 26.8 Å². The lowest BCUT2D eigenvalue weighted by atomic mass is 9.93. The molecular weight excluding hydrogens is 539 g/mol. The van der Waals surface area contributed by atoms with Crippen LogP contribution in [-0.4, -0.2) is 41.5 Å². The summed E-state index contributed by atoms with van der Waals surface area (Å²) in [6.07, 6.45) is -7.97. The highest BCUT2D eigenvalue weighted by Gasteiger charge is 2.45. The van der Waals surface area contributed by atoms with Crippen molar-refractivity contribution < 1.29 is 41.0 Å². The molecule has 40 heavy (non-hydrogen) atoms. The first-order chi connectivity index (χ1) is 18.6. The lowest BCUT2D eigenvalue weighted by Crippen LogP contribution is -2.43. The molecule has 2 aliphatic heterocycles. The third-order valence-corrected chi connectivity index (χ3v) is 6.59. The van der Waals surface area contributed by atoms with Gasteiger partial charge >= 0.3 is 12.5 Å². The monoisotopic (exact) mass is 564 g/mol. The first kappa shape index (κ1) is 27.4. The van der Waals surface area contributed by atoms with Crippen LogP contribution in [0.25, 0.3) is 5.69 Å². The number of aromatic nitrogens is 2. The summed E-state index contributed by atoms with van der Waals surface area (Å²) in [5, 5.41) is 3.88. The van der Waals surface area contributed by atoms with Crippen LogP contribution in [0.5, 0.6) is 11.5 Å². The maximum Gasteiger partial charge on any atom is 0.586 e. The average molecular weight is 565 g/mol. The molecular formula is C27H25F5N4O4. The Morgan fingerprint density at radius 3 is 2.40 bits per heavy atom. The van der Waals surface area contributed by atoms with Gasteiger partial charge in [-0.05, 0) is 43.2 Å². The van der Waals surface area contributed by atoms with E-state index in [2.05, 4.69) is 14.6 Å². The molecule has 0 bridgehead atoms. The molecule has 13 heteroatoms. The number of nitrogens with zero attached hydrogens (tertiary/aromatic N) is 4. The molecule has 8 nitrogen and oxygen atoms in total. The molecule has 1 aromatic heterocycles. The molecule has 0 unspecified atom stereocenters. The summed E-state index contributed by atoms with van der Waals surface area (Å²) in [5.74, 6) is -1.44. The van der Waals surface area contributed by atoms with E-state index in [0.29, 0.717) is 6.42 Å². The van der Waals surface area contributed by atoms with Crippen LogP contribution in [-0.2, 0) is 17.4 Å². The fourth-order valence-corrected chi connectivity index (χ4v) is 4.71. The molecule has 0 fully saturated rings. The van der Waals surface area contributed by atoms with Crippen LogP contribution in [0.15, 0.2) is 42.5 Å². The van der Waals surface area contributed by atoms with Crippen LogP contribution in [0.3, 0.4) is 0 Å². The van der Waals surface area contributed by atoms with Crippen molar-refractivity contribution in [1.82, 2.24) is 9.78 Å². The third-order valence-electron chi connectivity index (χ3n) is 6.59. The molecule has 2 aliphatic rings. The van der Waals surface area contributed by atoms with Gasteiger partial charge in [0.25, 0.3) is 5.91 Å². The fraction of sp³-hybridized carbons (Fsp3) is 0.370. The van der Waals surface area contributed by atoms with Crippen molar-refractivity contribution in [2.24, 2.45) is 5.41 Å². The minimum Gasteiger partial charge on any atom is -0.395 e. The SMILES string of the molecule is CN(C(=O)c1cccc(-n2nc(C(F)(F)F)c3c2CCCN3C(=O)C(C)(C)C)c1)c1ccc2c(c1)OC(F)(F)O2. The van der Waals surface area contributed by atoms with Crippen molar-refractivity contribution in [1.29, 1.82) is 0 Å². The summed E-state index contributed by atoms with van der Waals surface area (Å²) in [5.41, 5.74) is -1.62. The molecule has 0 saturated carbocycles. The highest BCUT2D eigenvalue weighted by molar-refractivity contribution is 6.06. The van der Waals surface area contributed by atoms with Gasteiger partial charge in [0, 0.05) is 36.3 Å². The molecule has 212 valence electrons. The van der Waals surface area contributed by atoms with Crippen LogP contribution in [0.1, 0.15) is 48.9 Å². The molecule has 5 rings (SSSR count). The minimum absolute atomic E-state index is 0.110. The molecule has 3 heterocycles. The van der Waals surface area contributed by atoms with Crippen molar-refractivity contribution in [3.8, 4) is 17.2 Å². The zero-order valence-electron chi connectivity index (χ0n) is 22.0. The predicted octanol–water partition coefficient (Wildman–Crippen LogP) is 5.81. The van der Waals surface area contributed by atoms with E-state index in [9.17, 15) is 31.5 Å². The summed E-state index contributed by atoms with van der Waals surface area (Å²) in [4.78, 5) is 28.7. The normalized spacial score (nSPS) is 16.1. The second kappa shape index (κ2) is 9.20. The van der Waals surface area contributed by atoms with Crippen molar-refractivity contribution in [2.75, 3.05) is 23.4 Å². The molecule has 3 aromatic rings. The van der Waals surface area contributed by atoms with Gasteiger partial charge in [-0.25, -0.2) is 4.68 Å². The van der Waals surface area contributed by atoms with Gasteiger partial charge in [-0.15, -0.1) is 8.78 Å². The Bertz CT molecular complexity index is 1510. The number of anilines is 2. The largest absolute Gasteiger partial charge is 0.586 e. The second-order valence-corrected chi connectivity index (χ2v) is 10.6. The standard InChI is InChI=1S/C27H25F5N4O4/c1-25(2,3)24(38)35-12-6-9-18-21(35)22(26(28,29)30)33-36(18)17-8-5-7-15(13-17)23(37)34(4)16-10-11-19-20(14-16)40-27(31,32)39-19/h5,7-8,10-11,13-14H,6,9,12H2,1-4H3. The van der Waals surface area contributed by atoms with Crippen LogP contribution < -0.4 is 19.3 Å². The van der Waals surface area contributed by atoms with Crippen molar-refractivity contribution in [3.63, 3.8) is 0 Å². The van der Waals surface area contributed by atoms with E-state index in [1.807, 2.05) is 0 Å². The number of carbonyl (C=O) groups excluding carboxylic acids is 2. The van der Waals surface area contributed by atoms with Gasteiger partial charge in [0.05, 0.1) is 17.1 Å². The van der Waals surface area contributed by atoms with E-state index in [1.54, 1.807) is 20.8 Å². The number of carbonyl (C=O) groups is 2. The summed E-state index contributed by atoms with van der Waals surface area (Å²) >= 11 is 0. The summed E-state index contributed by atoms with van der Waals surface area (Å²) in [7, 11) is 1.41. The highest BCUT2D eigenvalue weighted by atomic mass is 19.4. The van der Waals surface area contributed by atoms with Gasteiger partial charge in [0.1, 0.15) is 0 Å². The molecule has 0 saturated heterocycles. The zero-order valence-corrected chi connectivity index (χ0v) is 22.0. The molecule has 0 atom stereocenters. The van der Waals surface area contributed by atoms with Gasteiger partial charge in [0.2, 0.25) is 5.91 Å². The van der Waals surface area contributed by atoms with E-state index >= 15 is 0 Å². The number of halogens is 5. The molecule has 0 aliphatic carbocycles. The lowest BCUT2D eigenvalue weighted by Gasteiger charge is -2.33. The van der Waals surface area contributed by atoms with Crippen LogP contribution >= 0.6 is 0 Å². The fourth-order valence-electron chi connectivity index (χ4n) is 4.71. The molecule has 0 radical (unpaired) electrons. The number of amides is 2. The van der Waals surface area contributed by atoms with Crippen LogP contribution in [0, 0.1) is 5.41 Å². The number of hydrogen-bond acceptors (Lipinski definition) is 5. The van der Waals surface area contributed by atoms with Gasteiger partial charge in [-0.3, -0.25) is 9.59 Å². The summed E-state index contributed by atoms with van der Waals surface area (Å²) in [6.45, 7) is 5.04. The molecule has 2 amide bonds. The molecule has 0 spiro atoms. The lowest BCUT2D eigenvalue weighted by molar-refractivity contribution is -0.286. The quantitative estimate of drug-likeness (QED) is 0.375. The first-order valence-electron chi connectivity index (χ1n) is 12.4. The van der Waals surface area contributed by atoms with Crippen LogP contribution in [0.2, 0.25) is 0 Å². The van der Waals surface area contributed by atoms with Crippen molar-refractivity contribution in [2.45, 2.75) is 46.1 Å². The smallest absolute Gasteiger partial charge is 0.395 e. The van der Waals surface area contributed by atoms with Gasteiger partial charge < -0.3 is 19.3 Å².